The number of rotatable bonds is 11. The van der Waals surface area contributed by atoms with Gasteiger partial charge in [-0.3, -0.25) is 14.8 Å². The van der Waals surface area contributed by atoms with E-state index in [1.165, 1.54) is 75.0 Å². The van der Waals surface area contributed by atoms with E-state index in [9.17, 15) is 9.90 Å². The van der Waals surface area contributed by atoms with Crippen LogP contribution in [-0.2, 0) is 50.6 Å². The maximum atomic E-state index is 12.2. The quantitative estimate of drug-likeness (QED) is 0.0791. The molecule has 6 aromatic carbocycles. The number of aliphatic hydroxyl groups excluding tert-OH is 1. The van der Waals surface area contributed by atoms with Crippen molar-refractivity contribution < 1.29 is 32.7 Å². The molecule has 0 fully saturated rings. The summed E-state index contributed by atoms with van der Waals surface area (Å²) in [7, 11) is 0. The number of carbonyl (C=O) groups is 1. The van der Waals surface area contributed by atoms with Gasteiger partial charge in [0.15, 0.2) is 5.78 Å². The Morgan fingerprint density at radius 1 is 0.556 bits per heavy atom. The molecular formula is C74H90IrN2O2S2-2. The van der Waals surface area contributed by atoms with E-state index in [1.807, 2.05) is 77.2 Å². The van der Waals surface area contributed by atoms with Crippen LogP contribution in [-0.4, -0.2) is 20.9 Å². The third-order valence-corrected chi connectivity index (χ3v) is 18.7. The van der Waals surface area contributed by atoms with Gasteiger partial charge in [-0.2, -0.15) is 0 Å². The number of aromatic nitrogens is 2. The Bertz CT molecular complexity index is 3790. The van der Waals surface area contributed by atoms with Crippen LogP contribution in [0.1, 0.15) is 181 Å². The average Bonchev–Trinajstić information content (AvgIpc) is 1.09. The third-order valence-electron chi connectivity index (χ3n) is 16.3. The van der Waals surface area contributed by atoms with E-state index in [4.69, 9.17) is 12.7 Å². The molecule has 0 amide bonds. The Morgan fingerprint density at radius 2 is 0.975 bits per heavy atom. The largest absolute Gasteiger partial charge is 0.512 e. The average molecular weight is 1300 g/mol. The summed E-state index contributed by atoms with van der Waals surface area (Å²) in [6, 6.07) is 35.8. The summed E-state index contributed by atoms with van der Waals surface area (Å²) < 4.78 is 16.9. The standard InChI is InChI=1S/C30H32NS.C29H30NS.C15H28O2.Ir/c1-18-8-9-22-21(12-18)15-23-27-26-20(10-11-31-27)13-19(16-29(2,3)4)14-25(26)32-28(23)24(22)17-30(5,6)7;1-28(2,3)16-18-13-20-11-12-30-26-22-15-19-9-7-8-10-21(19)23(17-29(4,5)6)27(22)31-24(14-18)25(20)26;1-7-14(5,8-2)12(16)11-13(17)15(6,9-3)10-4;/h8-14H,16-17H2,1-7H3;7-14H,16-17H2,1-6H3;11,16H,7-10H2,1-6H3;/q2*-1;;/b;;12-11-;/i11D;12D;;. The molecule has 0 saturated heterocycles. The van der Waals surface area contributed by atoms with Crippen molar-refractivity contribution >= 4 is 72.4 Å². The van der Waals surface area contributed by atoms with Crippen LogP contribution < -0.4 is 0 Å². The van der Waals surface area contributed by atoms with Crippen molar-refractivity contribution in [1.82, 2.24) is 9.97 Å². The second-order valence-electron chi connectivity index (χ2n) is 28.4. The molecule has 2 aromatic heterocycles. The van der Waals surface area contributed by atoms with E-state index in [2.05, 4.69) is 169 Å². The van der Waals surface area contributed by atoms with E-state index in [0.29, 0.717) is 12.3 Å². The number of carbonyl (C=O) groups excluding carboxylic acids is 1. The first-order chi connectivity index (χ1) is 38.2. The van der Waals surface area contributed by atoms with Crippen molar-refractivity contribution in [3.63, 3.8) is 0 Å². The first-order valence-electron chi connectivity index (χ1n) is 30.3. The number of aryl methyl sites for hydroxylation is 1. The Morgan fingerprint density at radius 3 is 1.41 bits per heavy atom. The minimum Gasteiger partial charge on any atom is -0.512 e. The van der Waals surface area contributed by atoms with Crippen LogP contribution in [0.5, 0.6) is 0 Å². The number of hydrogen-bond donors (Lipinski definition) is 1. The number of pyridine rings is 2. The SMILES string of the molecule is CCC(C)(CC)C(=O)/C=C(\O)C(C)(CC)CC.[2H]c1cc2cc(CC(C)(C)C)cc3c2c(n1)-c1[c-]c2cc(C)ccc2c(CC(C)(C)C)c1S3.[2H]c1cc2cc(CC(C)(C)C)cc3c2c(n1)-c1[c-]c2ccccc2c(CC(C)(C)C)c1S3.[Ir]. The predicted octanol–water partition coefficient (Wildman–Crippen LogP) is 21.9. The van der Waals surface area contributed by atoms with Gasteiger partial charge in [-0.05, 0) is 147 Å². The van der Waals surface area contributed by atoms with Gasteiger partial charge in [0.05, 0.1) is 2.74 Å². The molecule has 8 aromatic rings. The van der Waals surface area contributed by atoms with E-state index in [1.54, 1.807) is 0 Å². The number of benzene rings is 6. The monoisotopic (exact) mass is 1300 g/mol. The van der Waals surface area contributed by atoms with Gasteiger partial charge in [0.2, 0.25) is 0 Å². The van der Waals surface area contributed by atoms with Gasteiger partial charge in [-0.25, -0.2) is 0 Å². The number of ketones is 1. The van der Waals surface area contributed by atoms with Crippen molar-refractivity contribution in [2.75, 3.05) is 0 Å². The zero-order valence-corrected chi connectivity index (χ0v) is 56.2. The van der Waals surface area contributed by atoms with E-state index < -0.39 is 0 Å². The van der Waals surface area contributed by atoms with Crippen LogP contribution >= 0.6 is 23.5 Å². The summed E-state index contributed by atoms with van der Waals surface area (Å²) in [6.45, 7) is 41.7. The topological polar surface area (TPSA) is 63.1 Å². The maximum Gasteiger partial charge on any atom is 0.164 e. The molecule has 431 valence electrons. The summed E-state index contributed by atoms with van der Waals surface area (Å²) in [6.07, 6.45) is 9.38. The van der Waals surface area contributed by atoms with E-state index in [-0.39, 0.29) is 64.1 Å². The fraction of sp³-hybridized carbons (Fsp3) is 0.446. The first-order valence-corrected chi connectivity index (χ1v) is 30.9. The van der Waals surface area contributed by atoms with Crippen LogP contribution in [0.25, 0.3) is 65.6 Å². The predicted molar refractivity (Wildman–Crippen MR) is 346 cm³/mol. The molecule has 1 N–H and O–H groups in total. The zero-order chi connectivity index (χ0) is 60.2. The molecule has 0 atom stereocenters. The van der Waals surface area contributed by atoms with Gasteiger partial charge >= 0.3 is 0 Å². The van der Waals surface area contributed by atoms with Gasteiger partial charge < -0.3 is 5.11 Å². The number of hydrogen-bond acceptors (Lipinski definition) is 6. The van der Waals surface area contributed by atoms with E-state index >= 15 is 0 Å². The smallest absolute Gasteiger partial charge is 0.164 e. The van der Waals surface area contributed by atoms with E-state index in [0.717, 1.165) is 95.4 Å². The number of fused-ring (bicyclic) bond motifs is 6. The number of allylic oxidation sites excluding steroid dienone is 2. The third kappa shape index (κ3) is 14.4. The molecule has 0 spiro atoms. The second kappa shape index (κ2) is 24.4. The molecule has 4 heterocycles. The van der Waals surface area contributed by atoms with Crippen molar-refractivity contribution in [1.29, 1.82) is 0 Å². The molecule has 2 aliphatic rings. The van der Waals surface area contributed by atoms with Crippen molar-refractivity contribution in [3.05, 3.63) is 143 Å². The molecule has 2 aliphatic heterocycles. The zero-order valence-electron chi connectivity index (χ0n) is 54.1. The first kappa shape index (κ1) is 60.8. The fourth-order valence-electron chi connectivity index (χ4n) is 11.2. The molecule has 0 aliphatic carbocycles. The summed E-state index contributed by atoms with van der Waals surface area (Å²) in [5.74, 6) is 0.286. The van der Waals surface area contributed by atoms with Crippen molar-refractivity contribution in [2.45, 2.75) is 202 Å². The molecule has 0 saturated carbocycles. The number of nitrogens with zero attached hydrogens (tertiary/aromatic N) is 2. The molecular weight excluding hydrogens is 1210 g/mol. The van der Waals surface area contributed by atoms with Crippen LogP contribution in [0, 0.1) is 51.5 Å². The maximum absolute atomic E-state index is 12.2. The molecule has 7 heteroatoms. The minimum atomic E-state index is -0.337. The Balaban J connectivity index is 0.000000188. The normalized spacial score (nSPS) is 13.8. The van der Waals surface area contributed by atoms with Crippen molar-refractivity contribution in [3.8, 4) is 22.5 Å². The van der Waals surface area contributed by atoms with Crippen molar-refractivity contribution in [2.24, 2.45) is 32.5 Å². The summed E-state index contributed by atoms with van der Waals surface area (Å²) >= 11 is 3.75. The van der Waals surface area contributed by atoms with Crippen LogP contribution in [0.2, 0.25) is 0 Å². The number of aliphatic hydroxyl groups is 1. The molecule has 0 bridgehead atoms. The second-order valence-corrected chi connectivity index (χ2v) is 30.5. The summed E-state index contributed by atoms with van der Waals surface area (Å²) in [5, 5.41) is 19.6. The van der Waals surface area contributed by atoms with Gasteiger partial charge in [-0.15, -0.1) is 58.6 Å². The Labute approximate surface area is 512 Å². The minimum absolute atomic E-state index is 0. The van der Waals surface area contributed by atoms with Gasteiger partial charge in [0, 0.05) is 70.5 Å². The molecule has 0 unspecified atom stereocenters. The van der Waals surface area contributed by atoms with Crippen LogP contribution in [0.15, 0.2) is 123 Å². The molecule has 81 heavy (non-hydrogen) atoms. The Kier molecular flexibility index (Phi) is 18.3. The van der Waals surface area contributed by atoms with Gasteiger partial charge in [-0.1, -0.05) is 206 Å². The molecule has 4 nitrogen and oxygen atoms in total. The van der Waals surface area contributed by atoms with Crippen LogP contribution in [0.3, 0.4) is 0 Å². The molecule has 1 radical (unpaired) electrons. The Hall–Kier alpha value is -4.78. The fourth-order valence-corrected chi connectivity index (χ4v) is 13.8. The van der Waals surface area contributed by atoms with Gasteiger partial charge in [0.25, 0.3) is 0 Å². The summed E-state index contributed by atoms with van der Waals surface area (Å²) in [4.78, 5) is 26.7. The van der Waals surface area contributed by atoms with Crippen LogP contribution in [0.4, 0.5) is 0 Å². The molecule has 10 rings (SSSR count). The summed E-state index contributed by atoms with van der Waals surface area (Å²) in [5.41, 5.74) is 10.7. The van der Waals surface area contributed by atoms with Gasteiger partial charge in [0.1, 0.15) is 5.76 Å².